The number of ether oxygens (including phenoxy) is 2. The highest BCUT2D eigenvalue weighted by Gasteiger charge is 2.32. The van der Waals surface area contributed by atoms with Crippen LogP contribution in [0.25, 0.3) is 0 Å². The van der Waals surface area contributed by atoms with E-state index >= 15 is 0 Å². The Labute approximate surface area is 183 Å². The fourth-order valence-corrected chi connectivity index (χ4v) is 3.57. The number of nitrogens with zero attached hydrogens (tertiary/aromatic N) is 1. The van der Waals surface area contributed by atoms with Gasteiger partial charge in [-0.05, 0) is 62.4 Å². The quantitative estimate of drug-likeness (QED) is 0.454. The molecule has 1 aromatic heterocycles. The third kappa shape index (κ3) is 9.53. The Kier molecular flexibility index (Phi) is 10.5. The molecule has 168 valence electrons. The molecule has 4 atom stereocenters. The van der Waals surface area contributed by atoms with E-state index in [2.05, 4.69) is 10.1 Å². The molecular weight excluding hydrogens is 419 g/mol. The van der Waals surface area contributed by atoms with Crippen LogP contribution in [0.5, 0.6) is 5.75 Å². The first-order valence-corrected chi connectivity index (χ1v) is 11.4. The van der Waals surface area contributed by atoms with Crippen molar-refractivity contribution in [3.63, 3.8) is 0 Å². The zero-order valence-corrected chi connectivity index (χ0v) is 18.9. The number of nitrogens with one attached hydrogen (secondary N) is 1. The van der Waals surface area contributed by atoms with Gasteiger partial charge >= 0.3 is 14.1 Å². The smallest absolute Gasteiger partial charge is 0.508 e. The molecule has 0 amide bonds. The van der Waals surface area contributed by atoms with Gasteiger partial charge in [0.1, 0.15) is 18.4 Å². The van der Waals surface area contributed by atoms with Gasteiger partial charge in [-0.1, -0.05) is 29.4 Å². The van der Waals surface area contributed by atoms with Gasteiger partial charge in [-0.15, -0.1) is 4.52 Å². The molecular formula is C22H30N2O6P+. The van der Waals surface area contributed by atoms with E-state index in [1.165, 1.54) is 0 Å². The summed E-state index contributed by atoms with van der Waals surface area (Å²) in [4.78, 5) is 15.9. The number of hydrogen-bond acceptors (Lipinski definition) is 7. The Bertz CT molecular complexity index is 806. The summed E-state index contributed by atoms with van der Waals surface area (Å²) in [6.45, 7) is 5.31. The lowest BCUT2D eigenvalue weighted by molar-refractivity contribution is -0.149. The maximum Gasteiger partial charge on any atom is 0.613 e. The van der Waals surface area contributed by atoms with E-state index in [1.807, 2.05) is 24.3 Å². The number of aromatic nitrogens is 1. The largest absolute Gasteiger partial charge is 0.613 e. The van der Waals surface area contributed by atoms with Crippen molar-refractivity contribution in [1.82, 2.24) is 10.1 Å². The van der Waals surface area contributed by atoms with Crippen molar-refractivity contribution >= 4 is 14.1 Å². The molecule has 1 fully saturated rings. The predicted octanol–water partition coefficient (Wildman–Crippen LogP) is 4.30. The standard InChI is InChI=1S/C16H24N2O5P.C6H6O/c1-11(2)22-16(19)12(3)18-24(20)21-10-13-7-8-15(23-13)14-6-4-5-9-17-14;7-6-4-2-1-3-5-6/h4-6,9,11-13,15H,7-8,10H2,1-3H3,(H,18,20);1-5,7H/q+1;/t12?,13-,15+;/m0./s1. The van der Waals surface area contributed by atoms with E-state index in [-0.39, 0.29) is 24.9 Å². The van der Waals surface area contributed by atoms with Gasteiger partial charge in [0.15, 0.2) is 0 Å². The van der Waals surface area contributed by atoms with Crippen molar-refractivity contribution in [3.8, 4) is 5.75 Å². The molecule has 1 aliphatic rings. The second-order valence-corrected chi connectivity index (χ2v) is 8.33. The maximum atomic E-state index is 11.9. The van der Waals surface area contributed by atoms with Gasteiger partial charge in [-0.25, -0.2) is 0 Å². The van der Waals surface area contributed by atoms with Crippen LogP contribution in [0.4, 0.5) is 0 Å². The average molecular weight is 449 g/mol. The lowest BCUT2D eigenvalue weighted by atomic mass is 10.1. The van der Waals surface area contributed by atoms with Gasteiger partial charge in [-0.3, -0.25) is 9.78 Å². The van der Waals surface area contributed by atoms with Crippen molar-refractivity contribution in [2.45, 2.75) is 58.0 Å². The van der Waals surface area contributed by atoms with E-state index in [4.69, 9.17) is 19.1 Å². The fraction of sp³-hybridized carbons (Fsp3) is 0.455. The molecule has 1 saturated heterocycles. The first-order valence-electron chi connectivity index (χ1n) is 10.2. The molecule has 0 bridgehead atoms. The van der Waals surface area contributed by atoms with E-state index in [0.717, 1.165) is 18.5 Å². The number of carbonyl (C=O) groups excluding carboxylic acids is 1. The first kappa shape index (κ1) is 24.9. The number of rotatable bonds is 8. The molecule has 1 aliphatic heterocycles. The van der Waals surface area contributed by atoms with Gasteiger partial charge < -0.3 is 14.6 Å². The van der Waals surface area contributed by atoms with Crippen LogP contribution in [0, 0.1) is 0 Å². The molecule has 0 saturated carbocycles. The molecule has 9 heteroatoms. The number of benzene rings is 1. The summed E-state index contributed by atoms with van der Waals surface area (Å²) >= 11 is 0. The molecule has 1 aromatic carbocycles. The SMILES string of the molecule is CC(C)OC(=O)C(C)N[P+](=O)OC[C@@H]1CC[C@H](c2ccccn2)O1.Oc1ccccc1. The number of esters is 1. The van der Waals surface area contributed by atoms with Crippen molar-refractivity contribution in [2.24, 2.45) is 0 Å². The Morgan fingerprint density at radius 1 is 1.19 bits per heavy atom. The Morgan fingerprint density at radius 2 is 1.90 bits per heavy atom. The Balaban J connectivity index is 0.000000412. The van der Waals surface area contributed by atoms with Crippen LogP contribution in [0.2, 0.25) is 0 Å². The molecule has 0 radical (unpaired) electrons. The number of carbonyl (C=O) groups is 1. The lowest BCUT2D eigenvalue weighted by Gasteiger charge is -2.12. The third-order valence-electron chi connectivity index (χ3n) is 4.26. The number of pyridine rings is 1. The average Bonchev–Trinajstić information content (AvgIpc) is 3.22. The number of phenols is 1. The molecule has 2 heterocycles. The van der Waals surface area contributed by atoms with Crippen LogP contribution >= 0.6 is 8.18 Å². The van der Waals surface area contributed by atoms with Gasteiger partial charge in [0, 0.05) is 6.20 Å². The highest BCUT2D eigenvalue weighted by atomic mass is 31.1. The maximum absolute atomic E-state index is 11.9. The summed E-state index contributed by atoms with van der Waals surface area (Å²) in [5, 5.41) is 11.2. The monoisotopic (exact) mass is 449 g/mol. The Morgan fingerprint density at radius 3 is 2.48 bits per heavy atom. The lowest BCUT2D eigenvalue weighted by Crippen LogP contribution is -2.33. The normalized spacial score (nSPS) is 19.3. The third-order valence-corrected chi connectivity index (χ3v) is 5.25. The Hall–Kier alpha value is -2.38. The topological polar surface area (TPSA) is 107 Å². The minimum Gasteiger partial charge on any atom is -0.508 e. The summed E-state index contributed by atoms with van der Waals surface area (Å²) < 4.78 is 28.1. The molecule has 0 aliphatic carbocycles. The zero-order valence-electron chi connectivity index (χ0n) is 18.0. The number of aromatic hydroxyl groups is 1. The van der Waals surface area contributed by atoms with Crippen molar-refractivity contribution in [2.75, 3.05) is 6.61 Å². The van der Waals surface area contributed by atoms with Crippen LogP contribution in [-0.4, -0.2) is 40.9 Å². The van der Waals surface area contributed by atoms with E-state index in [1.54, 1.807) is 51.2 Å². The number of phenolic OH excluding ortho intramolecular Hbond substituents is 1. The molecule has 2 unspecified atom stereocenters. The first-order chi connectivity index (χ1) is 14.8. The fourth-order valence-electron chi connectivity index (χ4n) is 2.77. The van der Waals surface area contributed by atoms with Crippen LogP contribution < -0.4 is 5.09 Å². The summed E-state index contributed by atoms with van der Waals surface area (Å²) in [5.74, 6) is -0.133. The van der Waals surface area contributed by atoms with Crippen LogP contribution in [-0.2, 0) is 23.4 Å². The molecule has 2 N–H and O–H groups in total. The molecule has 3 rings (SSSR count). The van der Waals surface area contributed by atoms with Crippen LogP contribution in [0.1, 0.15) is 45.4 Å². The predicted molar refractivity (Wildman–Crippen MR) is 117 cm³/mol. The second-order valence-electron chi connectivity index (χ2n) is 7.30. The molecule has 8 nitrogen and oxygen atoms in total. The minimum atomic E-state index is -2.16. The van der Waals surface area contributed by atoms with Crippen LogP contribution in [0.3, 0.4) is 0 Å². The van der Waals surface area contributed by atoms with E-state index in [9.17, 15) is 9.36 Å². The van der Waals surface area contributed by atoms with Gasteiger partial charge in [0.05, 0.1) is 24.0 Å². The van der Waals surface area contributed by atoms with Gasteiger partial charge in [0.25, 0.3) is 0 Å². The summed E-state index contributed by atoms with van der Waals surface area (Å²) in [6.07, 6.45) is 3.01. The summed E-state index contributed by atoms with van der Waals surface area (Å²) in [6, 6.07) is 13.7. The van der Waals surface area contributed by atoms with E-state index < -0.39 is 20.2 Å². The van der Waals surface area contributed by atoms with E-state index in [0.29, 0.717) is 5.75 Å². The minimum absolute atomic E-state index is 0.0504. The van der Waals surface area contributed by atoms with Crippen molar-refractivity contribution in [1.29, 1.82) is 0 Å². The second kappa shape index (κ2) is 13.1. The number of para-hydroxylation sites is 1. The van der Waals surface area contributed by atoms with Crippen molar-refractivity contribution in [3.05, 3.63) is 60.4 Å². The van der Waals surface area contributed by atoms with Crippen molar-refractivity contribution < 1.29 is 28.5 Å². The molecule has 2 aromatic rings. The van der Waals surface area contributed by atoms with Crippen LogP contribution in [0.15, 0.2) is 54.7 Å². The number of hydrogen-bond donors (Lipinski definition) is 2. The summed E-state index contributed by atoms with van der Waals surface area (Å²) in [5.41, 5.74) is 0.896. The van der Waals surface area contributed by atoms with Gasteiger partial charge in [-0.2, -0.15) is 0 Å². The molecule has 31 heavy (non-hydrogen) atoms. The summed E-state index contributed by atoms with van der Waals surface area (Å²) in [7, 11) is -2.16. The highest BCUT2D eigenvalue weighted by Crippen LogP contribution is 2.32. The highest BCUT2D eigenvalue weighted by molar-refractivity contribution is 7.36. The van der Waals surface area contributed by atoms with Gasteiger partial charge in [0.2, 0.25) is 0 Å². The zero-order chi connectivity index (χ0) is 22.6. The molecule has 0 spiro atoms.